The predicted octanol–water partition coefficient (Wildman–Crippen LogP) is 3.17. The molecule has 1 atom stereocenters. The molecule has 0 amide bonds. The van der Waals surface area contributed by atoms with E-state index in [1.165, 1.54) is 0 Å². The molecule has 0 radical (unpaired) electrons. The summed E-state index contributed by atoms with van der Waals surface area (Å²) in [4.78, 5) is 10.2. The van der Waals surface area contributed by atoms with Crippen molar-refractivity contribution < 1.29 is 8.42 Å². The van der Waals surface area contributed by atoms with Gasteiger partial charge in [0, 0.05) is 43.1 Å². The second kappa shape index (κ2) is 7.54. The highest BCUT2D eigenvalue weighted by molar-refractivity contribution is 7.89. The molecule has 1 saturated heterocycles. The molecule has 0 aliphatic carbocycles. The first kappa shape index (κ1) is 19.3. The Bertz CT molecular complexity index is 1300. The number of H-pyrrole nitrogens is 1. The summed E-state index contributed by atoms with van der Waals surface area (Å²) in [5, 5.41) is 2.07. The maximum absolute atomic E-state index is 13.1. The van der Waals surface area contributed by atoms with E-state index in [2.05, 4.69) is 31.9 Å². The Kier molecular flexibility index (Phi) is 4.85. The van der Waals surface area contributed by atoms with Crippen LogP contribution in [-0.4, -0.2) is 47.5 Å². The van der Waals surface area contributed by atoms with Gasteiger partial charge >= 0.3 is 0 Å². The van der Waals surface area contributed by atoms with Crippen LogP contribution in [0.1, 0.15) is 24.4 Å². The summed E-state index contributed by atoms with van der Waals surface area (Å²) in [6.45, 7) is 2.26. The van der Waals surface area contributed by atoms with Crippen molar-refractivity contribution in [3.8, 4) is 0 Å². The van der Waals surface area contributed by atoms with Gasteiger partial charge in [-0.25, -0.2) is 18.1 Å². The summed E-state index contributed by atoms with van der Waals surface area (Å²) in [7, 11) is -1.65. The predicted molar refractivity (Wildman–Crippen MR) is 118 cm³/mol. The van der Waals surface area contributed by atoms with Gasteiger partial charge in [0.25, 0.3) is 0 Å². The lowest BCUT2D eigenvalue weighted by atomic mass is 10.1. The molecule has 1 aliphatic heterocycles. The Morgan fingerprint density at radius 3 is 2.87 bits per heavy atom. The molecule has 0 saturated carbocycles. The van der Waals surface area contributed by atoms with Crippen LogP contribution in [0.5, 0.6) is 0 Å². The minimum atomic E-state index is -3.63. The average Bonchev–Trinajstić information content (AvgIpc) is 3.49. The fourth-order valence-corrected chi connectivity index (χ4v) is 5.53. The number of aryl methyl sites for hydroxylation is 1. The van der Waals surface area contributed by atoms with Gasteiger partial charge in [0.1, 0.15) is 5.65 Å². The molecular formula is C22H25N5O2S. The lowest BCUT2D eigenvalue weighted by Crippen LogP contribution is -2.36. The summed E-state index contributed by atoms with van der Waals surface area (Å²) in [5.41, 5.74) is 2.84. The van der Waals surface area contributed by atoms with E-state index in [4.69, 9.17) is 0 Å². The maximum atomic E-state index is 13.1. The molecule has 1 aliphatic rings. The van der Waals surface area contributed by atoms with Crippen molar-refractivity contribution in [2.75, 3.05) is 19.6 Å². The first-order chi connectivity index (χ1) is 14.5. The number of nitrogens with one attached hydrogen (secondary N) is 2. The minimum Gasteiger partial charge on any atom is -0.361 e. The topological polar surface area (TPSA) is 83.0 Å². The van der Waals surface area contributed by atoms with Crippen LogP contribution in [0.2, 0.25) is 0 Å². The van der Waals surface area contributed by atoms with Gasteiger partial charge in [0.15, 0.2) is 0 Å². The number of benzene rings is 1. The number of nitrogens with zero attached hydrogens (tertiary/aromatic N) is 3. The molecule has 30 heavy (non-hydrogen) atoms. The number of fused-ring (bicyclic) bond motifs is 2. The van der Waals surface area contributed by atoms with Crippen LogP contribution in [0.15, 0.2) is 59.9 Å². The first-order valence-electron chi connectivity index (χ1n) is 10.2. The van der Waals surface area contributed by atoms with Crippen molar-refractivity contribution in [3.63, 3.8) is 0 Å². The van der Waals surface area contributed by atoms with Gasteiger partial charge in [0.2, 0.25) is 10.0 Å². The second-order valence-corrected chi connectivity index (χ2v) is 9.67. The molecule has 8 heteroatoms. The first-order valence-corrected chi connectivity index (χ1v) is 11.7. The molecule has 4 aromatic rings. The Morgan fingerprint density at radius 1 is 1.20 bits per heavy atom. The van der Waals surface area contributed by atoms with E-state index in [1.807, 2.05) is 36.0 Å². The summed E-state index contributed by atoms with van der Waals surface area (Å²) in [6, 6.07) is 11.1. The third-order valence-corrected chi connectivity index (χ3v) is 7.43. The molecule has 0 bridgehead atoms. The van der Waals surface area contributed by atoms with Gasteiger partial charge in [-0.05, 0) is 67.2 Å². The maximum Gasteiger partial charge on any atom is 0.240 e. The molecule has 1 fully saturated rings. The summed E-state index contributed by atoms with van der Waals surface area (Å²) in [5.74, 6) is 0. The lowest BCUT2D eigenvalue weighted by molar-refractivity contribution is 0.247. The minimum absolute atomic E-state index is 0.0376. The van der Waals surface area contributed by atoms with E-state index < -0.39 is 10.0 Å². The van der Waals surface area contributed by atoms with Crippen molar-refractivity contribution in [1.82, 2.24) is 24.2 Å². The Labute approximate surface area is 175 Å². The van der Waals surface area contributed by atoms with Crippen LogP contribution >= 0.6 is 0 Å². The number of aromatic amines is 1. The Morgan fingerprint density at radius 2 is 2.03 bits per heavy atom. The SMILES string of the molecule is Cn1cc([C@@H](CNS(=O)(=O)c2ccc3cc[nH]c3c2)N2CCCC2)c2cccnc21. The largest absolute Gasteiger partial charge is 0.361 e. The van der Waals surface area contributed by atoms with Crippen LogP contribution in [0.25, 0.3) is 21.9 Å². The number of sulfonamides is 1. The highest BCUT2D eigenvalue weighted by Crippen LogP contribution is 2.31. The number of pyridine rings is 1. The highest BCUT2D eigenvalue weighted by atomic mass is 32.2. The highest BCUT2D eigenvalue weighted by Gasteiger charge is 2.28. The standard InChI is InChI=1S/C22H25N5O2S/c1-26-15-19(18-5-4-9-24-22(18)26)21(27-11-2-3-12-27)14-25-30(28,29)17-7-6-16-8-10-23-20(16)13-17/h4-10,13,15,21,23,25H,2-3,11-12,14H2,1H3/t21-/m1/s1. The molecular weight excluding hydrogens is 398 g/mol. The van der Waals surface area contributed by atoms with Crippen LogP contribution in [-0.2, 0) is 17.1 Å². The number of rotatable bonds is 6. The van der Waals surface area contributed by atoms with Crippen LogP contribution in [0.3, 0.4) is 0 Å². The van der Waals surface area contributed by atoms with E-state index in [0.29, 0.717) is 6.54 Å². The van der Waals surface area contributed by atoms with Crippen molar-refractivity contribution >= 4 is 32.0 Å². The average molecular weight is 424 g/mol. The number of likely N-dealkylation sites (tertiary alicyclic amines) is 1. The number of aromatic nitrogens is 3. The summed E-state index contributed by atoms with van der Waals surface area (Å²) < 4.78 is 31.0. The summed E-state index contributed by atoms with van der Waals surface area (Å²) >= 11 is 0. The van der Waals surface area contributed by atoms with E-state index in [1.54, 1.807) is 18.3 Å². The van der Waals surface area contributed by atoms with E-state index in [-0.39, 0.29) is 10.9 Å². The molecule has 4 heterocycles. The third-order valence-electron chi connectivity index (χ3n) is 6.01. The zero-order valence-corrected chi connectivity index (χ0v) is 17.7. The fraction of sp³-hybridized carbons (Fsp3) is 0.318. The van der Waals surface area contributed by atoms with Crippen molar-refractivity contribution in [2.24, 2.45) is 7.05 Å². The molecule has 156 valence electrons. The number of hydrogen-bond donors (Lipinski definition) is 2. The molecule has 5 rings (SSSR count). The quantitative estimate of drug-likeness (QED) is 0.499. The summed E-state index contributed by atoms with van der Waals surface area (Å²) in [6.07, 6.45) is 7.95. The molecule has 0 unspecified atom stereocenters. The van der Waals surface area contributed by atoms with Crippen LogP contribution in [0.4, 0.5) is 0 Å². The third kappa shape index (κ3) is 3.40. The van der Waals surface area contributed by atoms with Gasteiger partial charge in [-0.2, -0.15) is 0 Å². The van der Waals surface area contributed by atoms with Gasteiger partial charge in [-0.15, -0.1) is 0 Å². The van der Waals surface area contributed by atoms with Gasteiger partial charge in [-0.3, -0.25) is 4.90 Å². The van der Waals surface area contributed by atoms with E-state index >= 15 is 0 Å². The smallest absolute Gasteiger partial charge is 0.240 e. The van der Waals surface area contributed by atoms with Gasteiger partial charge in [0.05, 0.1) is 10.9 Å². The monoisotopic (exact) mass is 423 g/mol. The van der Waals surface area contributed by atoms with E-state index in [0.717, 1.165) is 53.4 Å². The Hall–Kier alpha value is -2.68. The van der Waals surface area contributed by atoms with Crippen LogP contribution in [0, 0.1) is 0 Å². The lowest BCUT2D eigenvalue weighted by Gasteiger charge is -2.27. The van der Waals surface area contributed by atoms with Crippen molar-refractivity contribution in [3.05, 3.63) is 60.6 Å². The second-order valence-electron chi connectivity index (χ2n) is 7.91. The van der Waals surface area contributed by atoms with Crippen LogP contribution < -0.4 is 4.72 Å². The van der Waals surface area contributed by atoms with E-state index in [9.17, 15) is 8.42 Å². The number of hydrogen-bond acceptors (Lipinski definition) is 4. The molecule has 0 spiro atoms. The zero-order valence-electron chi connectivity index (χ0n) is 16.9. The van der Waals surface area contributed by atoms with Gasteiger partial charge in [-0.1, -0.05) is 6.07 Å². The molecule has 2 N–H and O–H groups in total. The molecule has 1 aromatic carbocycles. The van der Waals surface area contributed by atoms with Crippen molar-refractivity contribution in [2.45, 2.75) is 23.8 Å². The zero-order chi connectivity index (χ0) is 20.7. The van der Waals surface area contributed by atoms with Gasteiger partial charge < -0.3 is 9.55 Å². The van der Waals surface area contributed by atoms with Crippen molar-refractivity contribution in [1.29, 1.82) is 0 Å². The normalized spacial score (nSPS) is 16.6. The Balaban J connectivity index is 1.46. The fourth-order valence-electron chi connectivity index (χ4n) is 4.46. The molecule has 3 aromatic heterocycles. The molecule has 7 nitrogen and oxygen atoms in total.